The predicted octanol–water partition coefficient (Wildman–Crippen LogP) is 1.84. The van der Waals surface area contributed by atoms with Crippen molar-refractivity contribution < 1.29 is 10.2 Å². The highest BCUT2D eigenvalue weighted by Gasteiger charge is 2.27. The van der Waals surface area contributed by atoms with Crippen LogP contribution >= 0.6 is 0 Å². The zero-order valence-electron chi connectivity index (χ0n) is 11.1. The van der Waals surface area contributed by atoms with Crippen LogP contribution in [-0.4, -0.2) is 35.0 Å². The third kappa shape index (κ3) is 5.64. The highest BCUT2D eigenvalue weighted by molar-refractivity contribution is 4.94. The number of aliphatic hydroxyl groups is 2. The van der Waals surface area contributed by atoms with Crippen LogP contribution in [0.4, 0.5) is 0 Å². The van der Waals surface area contributed by atoms with Gasteiger partial charge in [-0.3, -0.25) is 0 Å². The topological polar surface area (TPSA) is 52.5 Å². The summed E-state index contributed by atoms with van der Waals surface area (Å²) in [6, 6.07) is 0.301. The molecule has 3 N–H and O–H groups in total. The molecule has 1 unspecified atom stereocenters. The van der Waals surface area contributed by atoms with Gasteiger partial charge in [0.25, 0.3) is 0 Å². The molecular weight excluding hydrogens is 202 g/mol. The summed E-state index contributed by atoms with van der Waals surface area (Å²) in [6.45, 7) is 8.21. The average Bonchev–Trinajstić information content (AvgIpc) is 2.25. The van der Waals surface area contributed by atoms with Crippen molar-refractivity contribution in [2.75, 3.05) is 13.2 Å². The molecule has 0 saturated heterocycles. The van der Waals surface area contributed by atoms with Crippen LogP contribution < -0.4 is 5.32 Å². The first-order valence-corrected chi connectivity index (χ1v) is 6.12. The predicted molar refractivity (Wildman–Crippen MR) is 68.5 cm³/mol. The molecule has 3 nitrogen and oxygen atoms in total. The maximum absolute atomic E-state index is 9.30. The van der Waals surface area contributed by atoms with Gasteiger partial charge in [-0.25, -0.2) is 0 Å². The van der Waals surface area contributed by atoms with Crippen LogP contribution in [0.1, 0.15) is 47.0 Å². The molecule has 0 aliphatic rings. The van der Waals surface area contributed by atoms with Crippen LogP contribution in [0.5, 0.6) is 0 Å². The summed E-state index contributed by atoms with van der Waals surface area (Å²) in [5.74, 6) is 0. The normalized spacial score (nSPS) is 13.6. The minimum absolute atomic E-state index is 0.0208. The van der Waals surface area contributed by atoms with E-state index in [1.807, 2.05) is 6.92 Å². The van der Waals surface area contributed by atoms with Crippen molar-refractivity contribution in [1.29, 1.82) is 0 Å². The SMILES string of the molecule is CCC(CO)(CO)NC(C)CCC=C(C)C. The van der Waals surface area contributed by atoms with Crippen molar-refractivity contribution in [3.8, 4) is 0 Å². The maximum atomic E-state index is 9.30. The van der Waals surface area contributed by atoms with Gasteiger partial charge >= 0.3 is 0 Å². The summed E-state index contributed by atoms with van der Waals surface area (Å²) in [7, 11) is 0. The molecule has 96 valence electrons. The van der Waals surface area contributed by atoms with Gasteiger partial charge in [0.1, 0.15) is 0 Å². The van der Waals surface area contributed by atoms with Crippen molar-refractivity contribution in [2.45, 2.75) is 58.5 Å². The lowest BCUT2D eigenvalue weighted by Crippen LogP contribution is -2.54. The van der Waals surface area contributed by atoms with E-state index in [0.717, 1.165) is 19.3 Å². The van der Waals surface area contributed by atoms with E-state index in [1.54, 1.807) is 0 Å². The van der Waals surface area contributed by atoms with Gasteiger partial charge in [0.15, 0.2) is 0 Å². The van der Waals surface area contributed by atoms with E-state index in [2.05, 4.69) is 32.2 Å². The summed E-state index contributed by atoms with van der Waals surface area (Å²) in [6.07, 6.45) is 5.00. The Hall–Kier alpha value is -0.380. The second-order valence-electron chi connectivity index (χ2n) is 4.85. The molecule has 0 aliphatic carbocycles. The van der Waals surface area contributed by atoms with Gasteiger partial charge in [0.2, 0.25) is 0 Å². The molecule has 0 rings (SSSR count). The quantitative estimate of drug-likeness (QED) is 0.557. The van der Waals surface area contributed by atoms with E-state index in [4.69, 9.17) is 0 Å². The van der Waals surface area contributed by atoms with Crippen molar-refractivity contribution in [1.82, 2.24) is 5.32 Å². The highest BCUT2D eigenvalue weighted by atomic mass is 16.3. The third-order valence-electron chi connectivity index (χ3n) is 2.99. The number of hydrogen-bond acceptors (Lipinski definition) is 3. The number of nitrogens with one attached hydrogen (secondary N) is 1. The summed E-state index contributed by atoms with van der Waals surface area (Å²) in [4.78, 5) is 0. The Morgan fingerprint density at radius 2 is 1.88 bits per heavy atom. The Morgan fingerprint density at radius 1 is 1.31 bits per heavy atom. The average molecular weight is 229 g/mol. The first-order chi connectivity index (χ1) is 7.49. The summed E-state index contributed by atoms with van der Waals surface area (Å²) in [5.41, 5.74) is 0.808. The van der Waals surface area contributed by atoms with Crippen LogP contribution in [0, 0.1) is 0 Å². The van der Waals surface area contributed by atoms with Gasteiger partial charge in [0, 0.05) is 6.04 Å². The van der Waals surface area contributed by atoms with E-state index in [1.165, 1.54) is 5.57 Å². The Morgan fingerprint density at radius 3 is 2.25 bits per heavy atom. The lowest BCUT2D eigenvalue weighted by molar-refractivity contribution is 0.0785. The smallest absolute Gasteiger partial charge is 0.0647 e. The summed E-state index contributed by atoms with van der Waals surface area (Å²) < 4.78 is 0. The monoisotopic (exact) mass is 229 g/mol. The molecule has 0 aromatic carbocycles. The Balaban J connectivity index is 4.10. The van der Waals surface area contributed by atoms with Crippen molar-refractivity contribution >= 4 is 0 Å². The molecule has 0 aromatic heterocycles. The summed E-state index contributed by atoms with van der Waals surface area (Å²) in [5, 5.41) is 21.9. The molecular formula is C13H27NO2. The number of allylic oxidation sites excluding steroid dienone is 2. The van der Waals surface area contributed by atoms with Gasteiger partial charge in [-0.2, -0.15) is 0 Å². The van der Waals surface area contributed by atoms with Gasteiger partial charge < -0.3 is 15.5 Å². The van der Waals surface area contributed by atoms with Crippen molar-refractivity contribution in [3.05, 3.63) is 11.6 Å². The highest BCUT2D eigenvalue weighted by Crippen LogP contribution is 2.12. The minimum Gasteiger partial charge on any atom is -0.394 e. The second-order valence-corrected chi connectivity index (χ2v) is 4.85. The molecule has 0 heterocycles. The fourth-order valence-electron chi connectivity index (χ4n) is 1.68. The largest absolute Gasteiger partial charge is 0.394 e. The van der Waals surface area contributed by atoms with E-state index >= 15 is 0 Å². The van der Waals surface area contributed by atoms with Crippen LogP contribution in [0.3, 0.4) is 0 Å². The van der Waals surface area contributed by atoms with Crippen molar-refractivity contribution in [3.63, 3.8) is 0 Å². The van der Waals surface area contributed by atoms with E-state index in [-0.39, 0.29) is 13.2 Å². The first-order valence-electron chi connectivity index (χ1n) is 6.12. The Bertz CT molecular complexity index is 198. The van der Waals surface area contributed by atoms with Gasteiger partial charge in [-0.05, 0) is 40.0 Å². The third-order valence-corrected chi connectivity index (χ3v) is 2.99. The van der Waals surface area contributed by atoms with Crippen LogP contribution in [-0.2, 0) is 0 Å². The number of rotatable bonds is 8. The van der Waals surface area contributed by atoms with Crippen LogP contribution in [0.25, 0.3) is 0 Å². The fraction of sp³-hybridized carbons (Fsp3) is 0.846. The molecule has 3 heteroatoms. The zero-order valence-corrected chi connectivity index (χ0v) is 11.1. The van der Waals surface area contributed by atoms with E-state index in [0.29, 0.717) is 6.04 Å². The molecule has 0 aliphatic heterocycles. The minimum atomic E-state index is -0.523. The molecule has 0 aromatic rings. The van der Waals surface area contributed by atoms with Gasteiger partial charge in [-0.15, -0.1) is 0 Å². The summed E-state index contributed by atoms with van der Waals surface area (Å²) >= 11 is 0. The van der Waals surface area contributed by atoms with Crippen LogP contribution in [0.15, 0.2) is 11.6 Å². The maximum Gasteiger partial charge on any atom is 0.0647 e. The lowest BCUT2D eigenvalue weighted by atomic mass is 9.96. The van der Waals surface area contributed by atoms with Gasteiger partial charge in [0.05, 0.1) is 18.8 Å². The zero-order chi connectivity index (χ0) is 12.6. The van der Waals surface area contributed by atoms with Crippen LogP contribution in [0.2, 0.25) is 0 Å². The molecule has 0 saturated carbocycles. The molecule has 0 fully saturated rings. The number of aliphatic hydroxyl groups excluding tert-OH is 2. The second kappa shape index (κ2) is 7.82. The standard InChI is InChI=1S/C13H27NO2/c1-5-13(9-15,10-16)14-12(4)8-6-7-11(2)3/h7,12,14-16H,5-6,8-10H2,1-4H3. The first kappa shape index (κ1) is 15.6. The van der Waals surface area contributed by atoms with Gasteiger partial charge in [-0.1, -0.05) is 18.6 Å². The van der Waals surface area contributed by atoms with Crippen molar-refractivity contribution in [2.24, 2.45) is 0 Å². The molecule has 1 atom stereocenters. The molecule has 0 radical (unpaired) electrons. The number of hydrogen-bond donors (Lipinski definition) is 3. The molecule has 0 spiro atoms. The molecule has 16 heavy (non-hydrogen) atoms. The Kier molecular flexibility index (Phi) is 7.64. The molecule has 0 amide bonds. The van der Waals surface area contributed by atoms with E-state index in [9.17, 15) is 10.2 Å². The van der Waals surface area contributed by atoms with E-state index < -0.39 is 5.54 Å². The fourth-order valence-corrected chi connectivity index (χ4v) is 1.68. The molecule has 0 bridgehead atoms. The Labute approximate surface area is 99.6 Å². The lowest BCUT2D eigenvalue weighted by Gasteiger charge is -2.33.